The molecule has 29 heavy (non-hydrogen) atoms. The van der Waals surface area contributed by atoms with Gasteiger partial charge in [-0.1, -0.05) is 0 Å². The van der Waals surface area contributed by atoms with E-state index in [1.54, 1.807) is 24.3 Å². The Kier molecular flexibility index (Phi) is 5.82. The van der Waals surface area contributed by atoms with Crippen molar-refractivity contribution in [3.63, 3.8) is 0 Å². The van der Waals surface area contributed by atoms with Gasteiger partial charge in [-0.2, -0.15) is 0 Å². The van der Waals surface area contributed by atoms with Crippen molar-refractivity contribution in [2.24, 2.45) is 0 Å². The number of amides is 1. The van der Waals surface area contributed by atoms with Crippen molar-refractivity contribution in [2.75, 3.05) is 13.7 Å². The highest BCUT2D eigenvalue weighted by Crippen LogP contribution is 2.20. The second-order valence-corrected chi connectivity index (χ2v) is 5.73. The zero-order valence-electron chi connectivity index (χ0n) is 17.8. The molecule has 0 fully saturated rings. The average Bonchev–Trinajstić information content (AvgIpc) is 2.78. The van der Waals surface area contributed by atoms with Gasteiger partial charge in [-0.15, -0.1) is 0 Å². The molecule has 0 aliphatic carbocycles. The van der Waals surface area contributed by atoms with E-state index in [1.165, 1.54) is 25.6 Å². The third-order valence-electron chi connectivity index (χ3n) is 3.81. The Bertz CT molecular complexity index is 1060. The highest BCUT2D eigenvalue weighted by molar-refractivity contribution is 5.91. The van der Waals surface area contributed by atoms with Crippen LogP contribution < -0.4 is 15.0 Å². The lowest BCUT2D eigenvalue weighted by Crippen LogP contribution is -2.25. The number of hydrogen-bond donors (Lipinski definition) is 1. The molecule has 1 heterocycles. The smallest absolute Gasteiger partial charge is 0.295 e. The summed E-state index contributed by atoms with van der Waals surface area (Å²) in [5, 5.41) is 0. The van der Waals surface area contributed by atoms with Crippen LogP contribution in [0.25, 0.3) is 11.3 Å². The highest BCUT2D eigenvalue weighted by atomic mass is 19.1. The molecular formula is C21H20FN3O4. The molecule has 1 aromatic heterocycles. The molecule has 0 atom stereocenters. The van der Waals surface area contributed by atoms with Gasteiger partial charge in [0.25, 0.3) is 5.91 Å². The number of hydrogen-bond acceptors (Lipinski definition) is 6. The van der Waals surface area contributed by atoms with Crippen molar-refractivity contribution in [3.05, 3.63) is 71.9 Å². The number of carbonyl (C=O) groups excluding carboxylic acids is 1. The Morgan fingerprint density at radius 3 is 2.66 bits per heavy atom. The van der Waals surface area contributed by atoms with Gasteiger partial charge < -0.3 is 9.47 Å². The molecule has 0 spiro atoms. The summed E-state index contributed by atoms with van der Waals surface area (Å²) < 4.78 is 40.3. The van der Waals surface area contributed by atoms with Gasteiger partial charge in [-0.25, -0.2) is 14.9 Å². The van der Waals surface area contributed by atoms with Crippen molar-refractivity contribution in [1.82, 2.24) is 15.4 Å². The standard InChI is InChI=1S/C21H20FN3O4/c1-3-28-16-6-4-14(5-7-16)19-11-23-12-20(24-19)21(26)25-29-13-15-10-17(27-2)8-9-18(15)22/h4-12H,3,13H2,1-2H3,(H,25,26)/i13D2. The van der Waals surface area contributed by atoms with E-state index in [0.717, 1.165) is 12.1 Å². The first kappa shape index (κ1) is 17.6. The third kappa shape index (κ3) is 5.26. The molecular weight excluding hydrogens is 377 g/mol. The molecule has 8 heteroatoms. The number of halogens is 1. The zero-order valence-corrected chi connectivity index (χ0v) is 15.8. The van der Waals surface area contributed by atoms with E-state index < -0.39 is 23.8 Å². The minimum Gasteiger partial charge on any atom is -0.497 e. The Balaban J connectivity index is 1.73. The quantitative estimate of drug-likeness (QED) is 0.584. The first-order valence-corrected chi connectivity index (χ1v) is 8.71. The number of rotatable bonds is 8. The largest absolute Gasteiger partial charge is 0.497 e. The fraction of sp³-hybridized carbons (Fsp3) is 0.190. The summed E-state index contributed by atoms with van der Waals surface area (Å²) in [5.41, 5.74) is 2.57. The van der Waals surface area contributed by atoms with Crippen molar-refractivity contribution >= 4 is 5.91 Å². The predicted molar refractivity (Wildman–Crippen MR) is 104 cm³/mol. The summed E-state index contributed by atoms with van der Waals surface area (Å²) in [7, 11) is 1.37. The summed E-state index contributed by atoms with van der Waals surface area (Å²) in [6.45, 7) is -0.231. The first-order chi connectivity index (χ1) is 14.8. The van der Waals surface area contributed by atoms with Gasteiger partial charge in [0, 0.05) is 11.1 Å². The molecule has 7 nitrogen and oxygen atoms in total. The van der Waals surface area contributed by atoms with Crippen molar-refractivity contribution in [1.29, 1.82) is 0 Å². The number of methoxy groups -OCH3 is 1. The topological polar surface area (TPSA) is 82.6 Å². The number of nitrogens with one attached hydrogen (secondary N) is 1. The second-order valence-electron chi connectivity index (χ2n) is 5.73. The first-order valence-electron chi connectivity index (χ1n) is 9.71. The van der Waals surface area contributed by atoms with Gasteiger partial charge in [0.2, 0.25) is 0 Å². The van der Waals surface area contributed by atoms with Crippen LogP contribution in [-0.2, 0) is 11.4 Å². The third-order valence-corrected chi connectivity index (χ3v) is 3.81. The lowest BCUT2D eigenvalue weighted by atomic mass is 10.1. The van der Waals surface area contributed by atoms with Crippen molar-refractivity contribution < 1.29 is 26.2 Å². The van der Waals surface area contributed by atoms with Gasteiger partial charge in [0.05, 0.1) is 34.5 Å². The normalized spacial score (nSPS) is 12.0. The molecule has 0 aliphatic heterocycles. The van der Waals surface area contributed by atoms with E-state index in [4.69, 9.17) is 17.1 Å². The number of hydroxylamine groups is 1. The number of ether oxygens (including phenoxy) is 2. The summed E-state index contributed by atoms with van der Waals surface area (Å²) in [6, 6.07) is 10.6. The van der Waals surface area contributed by atoms with E-state index in [9.17, 15) is 9.18 Å². The summed E-state index contributed by atoms with van der Waals surface area (Å²) in [5.74, 6) is -0.748. The molecule has 1 amide bonds. The molecule has 1 N–H and O–H groups in total. The van der Waals surface area contributed by atoms with Crippen LogP contribution in [0.2, 0.25) is 0 Å². The lowest BCUT2D eigenvalue weighted by Gasteiger charge is -2.09. The van der Waals surface area contributed by atoms with Crippen LogP contribution in [0.5, 0.6) is 11.5 Å². The maximum Gasteiger partial charge on any atom is 0.295 e. The molecule has 150 valence electrons. The van der Waals surface area contributed by atoms with Crippen LogP contribution in [0.3, 0.4) is 0 Å². The number of carbonyl (C=O) groups is 1. The monoisotopic (exact) mass is 399 g/mol. The second kappa shape index (κ2) is 9.61. The van der Waals surface area contributed by atoms with E-state index >= 15 is 0 Å². The van der Waals surface area contributed by atoms with Crippen LogP contribution >= 0.6 is 0 Å². The van der Waals surface area contributed by atoms with E-state index in [2.05, 4.69) is 9.97 Å². The van der Waals surface area contributed by atoms with E-state index in [1.807, 2.05) is 12.4 Å². The van der Waals surface area contributed by atoms with E-state index in [0.29, 0.717) is 23.6 Å². The van der Waals surface area contributed by atoms with Crippen molar-refractivity contribution in [2.45, 2.75) is 13.5 Å². The molecule has 0 aliphatic rings. The Morgan fingerprint density at radius 1 is 1.17 bits per heavy atom. The number of benzene rings is 2. The van der Waals surface area contributed by atoms with E-state index in [-0.39, 0.29) is 11.4 Å². The van der Waals surface area contributed by atoms with Gasteiger partial charge in [0.15, 0.2) is 0 Å². The Morgan fingerprint density at radius 2 is 1.93 bits per heavy atom. The summed E-state index contributed by atoms with van der Waals surface area (Å²) in [4.78, 5) is 25.5. The van der Waals surface area contributed by atoms with Gasteiger partial charge in [0.1, 0.15) is 29.6 Å². The van der Waals surface area contributed by atoms with Crippen molar-refractivity contribution in [3.8, 4) is 22.8 Å². The molecule has 0 unspecified atom stereocenters. The number of aromatic nitrogens is 2. The minimum atomic E-state index is -2.66. The highest BCUT2D eigenvalue weighted by Gasteiger charge is 2.11. The Hall–Kier alpha value is -3.52. The molecule has 2 aromatic carbocycles. The molecule has 0 saturated carbocycles. The predicted octanol–water partition coefficient (Wildman–Crippen LogP) is 3.55. The van der Waals surface area contributed by atoms with Gasteiger partial charge in [-0.05, 0) is 49.4 Å². The number of nitrogens with zero attached hydrogens (tertiary/aromatic N) is 2. The van der Waals surface area contributed by atoms with Crippen LogP contribution in [0.15, 0.2) is 54.9 Å². The maximum atomic E-state index is 14.0. The fourth-order valence-corrected chi connectivity index (χ4v) is 2.39. The maximum absolute atomic E-state index is 14.0. The molecule has 0 radical (unpaired) electrons. The van der Waals surface area contributed by atoms with Crippen LogP contribution in [-0.4, -0.2) is 29.6 Å². The van der Waals surface area contributed by atoms with Crippen LogP contribution in [0.4, 0.5) is 4.39 Å². The SMILES string of the molecule is [2H]C([2H])(ONC(=O)c1cncc(-c2ccc(OCC)cc2)n1)c1cc(OC)ccc1F. The summed E-state index contributed by atoms with van der Waals surface area (Å²) in [6.07, 6.45) is 2.69. The van der Waals surface area contributed by atoms with Gasteiger partial charge >= 0.3 is 0 Å². The minimum absolute atomic E-state index is 0.103. The zero-order chi connectivity index (χ0) is 22.4. The molecule has 0 bridgehead atoms. The fourth-order valence-electron chi connectivity index (χ4n) is 2.39. The molecule has 3 aromatic rings. The van der Waals surface area contributed by atoms with Crippen LogP contribution in [0.1, 0.15) is 25.7 Å². The molecule has 0 saturated heterocycles. The lowest BCUT2D eigenvalue weighted by molar-refractivity contribution is 0.0219. The summed E-state index contributed by atoms with van der Waals surface area (Å²) >= 11 is 0. The van der Waals surface area contributed by atoms with Crippen LogP contribution in [0, 0.1) is 5.82 Å². The average molecular weight is 399 g/mol. The molecule has 3 rings (SSSR count). The Labute approximate surface area is 170 Å². The van der Waals surface area contributed by atoms with Gasteiger partial charge in [-0.3, -0.25) is 14.6 Å².